The smallest absolute Gasteiger partial charge is 0.303 e. The summed E-state index contributed by atoms with van der Waals surface area (Å²) in [7, 11) is 5.35. The molecule has 0 aliphatic carbocycles. The highest BCUT2D eigenvalue weighted by Gasteiger charge is 2.37. The Morgan fingerprint density at radius 3 is 2.46 bits per heavy atom. The molecule has 1 aliphatic heterocycles. The van der Waals surface area contributed by atoms with Crippen LogP contribution in [0.15, 0.2) is 36.5 Å². The van der Waals surface area contributed by atoms with E-state index in [0.717, 1.165) is 22.2 Å². The number of piperidine rings is 1. The number of aromatic nitrogens is 1. The Balaban J connectivity index is 1.43. The van der Waals surface area contributed by atoms with E-state index >= 15 is 0 Å². The van der Waals surface area contributed by atoms with Crippen LogP contribution in [0.25, 0.3) is 10.9 Å². The molecule has 4 rings (SSSR count). The Morgan fingerprint density at radius 1 is 1.17 bits per heavy atom. The second-order valence-corrected chi connectivity index (χ2v) is 11.0. The molecule has 3 N–H and O–H groups in total. The Kier molecular flexibility index (Phi) is 9.60. The standard InChI is InChI=1S/C30H37F3N4O4/c1-36(2)25-18-35-24-5-4-20(41-3)16-21(24)28(25)26(38)6-7-30(17-27(39)40)8-11-37(12-9-30)13-10-34-29-22(32)14-19(31)15-23(29)33/h4-5,14-16,18,26,34,38H,6-13,17H2,1-3H3,(H,39,40). The Hall–Kier alpha value is -3.57. The Bertz CT molecular complexity index is 1360. The number of methoxy groups -OCH3 is 1. The van der Waals surface area contributed by atoms with Gasteiger partial charge in [0.15, 0.2) is 11.6 Å². The second kappa shape index (κ2) is 12.9. The number of fused-ring (bicyclic) bond motifs is 1. The summed E-state index contributed by atoms with van der Waals surface area (Å²) in [6.07, 6.45) is 2.97. The minimum Gasteiger partial charge on any atom is -0.497 e. The summed E-state index contributed by atoms with van der Waals surface area (Å²) in [4.78, 5) is 20.4. The maximum atomic E-state index is 13.9. The summed E-state index contributed by atoms with van der Waals surface area (Å²) in [5, 5.41) is 24.7. The number of anilines is 2. The molecule has 2 heterocycles. The molecule has 0 bridgehead atoms. The minimum atomic E-state index is -0.988. The topological polar surface area (TPSA) is 98.2 Å². The van der Waals surface area contributed by atoms with E-state index in [4.69, 9.17) is 4.74 Å². The van der Waals surface area contributed by atoms with Crippen LogP contribution in [0.2, 0.25) is 0 Å². The number of pyridine rings is 1. The first-order chi connectivity index (χ1) is 19.5. The number of carboxylic acid groups (broad SMARTS) is 1. The molecule has 1 saturated heterocycles. The first kappa shape index (κ1) is 30.4. The van der Waals surface area contributed by atoms with Crippen molar-refractivity contribution in [3.63, 3.8) is 0 Å². The number of aliphatic carboxylic acids is 1. The molecule has 222 valence electrons. The zero-order valence-electron chi connectivity index (χ0n) is 23.6. The first-order valence-electron chi connectivity index (χ1n) is 13.7. The average molecular weight is 575 g/mol. The van der Waals surface area contributed by atoms with Crippen molar-refractivity contribution in [2.75, 3.05) is 57.6 Å². The SMILES string of the molecule is COc1ccc2ncc(N(C)C)c(C(O)CCC3(CC(=O)O)CCN(CCNc4c(F)cc(F)cc4F)CC3)c2c1. The third kappa shape index (κ3) is 7.20. The average Bonchev–Trinajstić information content (AvgIpc) is 2.92. The molecular formula is C30H37F3N4O4. The molecule has 0 saturated carbocycles. The van der Waals surface area contributed by atoms with Crippen molar-refractivity contribution < 1.29 is 32.9 Å². The van der Waals surface area contributed by atoms with Crippen LogP contribution < -0.4 is 15.0 Å². The highest BCUT2D eigenvalue weighted by Crippen LogP contribution is 2.43. The van der Waals surface area contributed by atoms with Crippen LogP contribution in [-0.2, 0) is 4.79 Å². The van der Waals surface area contributed by atoms with Gasteiger partial charge in [0.2, 0.25) is 0 Å². The van der Waals surface area contributed by atoms with Crippen LogP contribution in [-0.4, -0.2) is 73.5 Å². The quantitative estimate of drug-likeness (QED) is 0.271. The molecule has 0 radical (unpaired) electrons. The van der Waals surface area contributed by atoms with Gasteiger partial charge in [-0.1, -0.05) is 0 Å². The highest BCUT2D eigenvalue weighted by molar-refractivity contribution is 5.88. The summed E-state index contributed by atoms with van der Waals surface area (Å²) in [5.74, 6) is -3.19. The van der Waals surface area contributed by atoms with Crippen molar-refractivity contribution in [2.45, 2.75) is 38.2 Å². The van der Waals surface area contributed by atoms with Crippen molar-refractivity contribution >= 4 is 28.2 Å². The van der Waals surface area contributed by atoms with E-state index in [1.165, 1.54) is 0 Å². The van der Waals surface area contributed by atoms with Gasteiger partial charge in [-0.2, -0.15) is 0 Å². The predicted molar refractivity (Wildman–Crippen MR) is 152 cm³/mol. The third-order valence-electron chi connectivity index (χ3n) is 8.04. The van der Waals surface area contributed by atoms with Crippen molar-refractivity contribution in [1.29, 1.82) is 0 Å². The number of hydrogen-bond acceptors (Lipinski definition) is 7. The van der Waals surface area contributed by atoms with E-state index in [9.17, 15) is 28.2 Å². The largest absolute Gasteiger partial charge is 0.497 e. The fraction of sp³-hybridized carbons (Fsp3) is 0.467. The fourth-order valence-corrected chi connectivity index (χ4v) is 5.74. The molecule has 1 atom stereocenters. The number of aliphatic hydroxyl groups is 1. The monoisotopic (exact) mass is 574 g/mol. The number of nitrogens with zero attached hydrogens (tertiary/aromatic N) is 3. The molecule has 11 heteroatoms. The third-order valence-corrected chi connectivity index (χ3v) is 8.04. The molecule has 0 spiro atoms. The number of rotatable bonds is 12. The van der Waals surface area contributed by atoms with Crippen LogP contribution in [0.3, 0.4) is 0 Å². The molecule has 0 amide bonds. The van der Waals surface area contributed by atoms with E-state index in [1.807, 2.05) is 37.2 Å². The van der Waals surface area contributed by atoms with Crippen molar-refractivity contribution in [1.82, 2.24) is 9.88 Å². The van der Waals surface area contributed by atoms with E-state index < -0.39 is 34.9 Å². The van der Waals surface area contributed by atoms with Crippen LogP contribution in [0.1, 0.15) is 43.8 Å². The first-order valence-corrected chi connectivity index (χ1v) is 13.7. The number of likely N-dealkylation sites (tertiary alicyclic amines) is 1. The van der Waals surface area contributed by atoms with Crippen LogP contribution in [0, 0.1) is 22.9 Å². The van der Waals surface area contributed by atoms with Crippen molar-refractivity contribution in [3.8, 4) is 5.75 Å². The molecule has 8 nitrogen and oxygen atoms in total. The number of carboxylic acids is 1. The number of halogens is 3. The summed E-state index contributed by atoms with van der Waals surface area (Å²) in [5.41, 5.74) is 1.38. The number of nitrogens with one attached hydrogen (secondary N) is 1. The Morgan fingerprint density at radius 2 is 1.85 bits per heavy atom. The summed E-state index contributed by atoms with van der Waals surface area (Å²) < 4.78 is 46.4. The van der Waals surface area contributed by atoms with Gasteiger partial charge in [0, 0.05) is 50.3 Å². The molecule has 3 aromatic rings. The van der Waals surface area contributed by atoms with Crippen LogP contribution >= 0.6 is 0 Å². The lowest BCUT2D eigenvalue weighted by atomic mass is 9.71. The maximum absolute atomic E-state index is 13.9. The molecule has 1 fully saturated rings. The molecule has 1 aromatic heterocycles. The minimum absolute atomic E-state index is 0.0106. The van der Waals surface area contributed by atoms with Gasteiger partial charge < -0.3 is 30.1 Å². The summed E-state index contributed by atoms with van der Waals surface area (Å²) in [6, 6.07) is 6.79. The molecule has 1 aliphatic rings. The van der Waals surface area contributed by atoms with Gasteiger partial charge in [0.25, 0.3) is 0 Å². The van der Waals surface area contributed by atoms with Gasteiger partial charge in [-0.25, -0.2) is 13.2 Å². The molecule has 2 aromatic carbocycles. The molecule has 1 unspecified atom stereocenters. The van der Waals surface area contributed by atoms with Gasteiger partial charge in [-0.05, 0) is 62.4 Å². The number of benzene rings is 2. The zero-order valence-corrected chi connectivity index (χ0v) is 23.6. The lowest BCUT2D eigenvalue weighted by molar-refractivity contribution is -0.141. The summed E-state index contributed by atoms with van der Waals surface area (Å²) >= 11 is 0. The van der Waals surface area contributed by atoms with Crippen LogP contribution in [0.5, 0.6) is 5.75 Å². The van der Waals surface area contributed by atoms with Gasteiger partial charge in [-0.3, -0.25) is 9.78 Å². The second-order valence-electron chi connectivity index (χ2n) is 11.0. The van der Waals surface area contributed by atoms with Crippen molar-refractivity contribution in [3.05, 3.63) is 59.5 Å². The zero-order chi connectivity index (χ0) is 29.7. The summed E-state index contributed by atoms with van der Waals surface area (Å²) in [6.45, 7) is 1.95. The molecular weight excluding hydrogens is 537 g/mol. The number of carbonyl (C=O) groups is 1. The number of aliphatic hydroxyl groups excluding tert-OH is 1. The van der Waals surface area contributed by atoms with Crippen LogP contribution in [0.4, 0.5) is 24.5 Å². The fourth-order valence-electron chi connectivity index (χ4n) is 5.74. The lowest BCUT2D eigenvalue weighted by Gasteiger charge is -2.41. The van der Waals surface area contributed by atoms with E-state index in [-0.39, 0.29) is 18.7 Å². The highest BCUT2D eigenvalue weighted by atomic mass is 19.1. The Labute approximate surface area is 237 Å². The lowest BCUT2D eigenvalue weighted by Crippen LogP contribution is -2.43. The van der Waals surface area contributed by atoms with E-state index in [1.54, 1.807) is 13.3 Å². The van der Waals surface area contributed by atoms with E-state index in [2.05, 4.69) is 15.2 Å². The predicted octanol–water partition coefficient (Wildman–Crippen LogP) is 5.21. The van der Waals surface area contributed by atoms with Gasteiger partial charge in [0.05, 0.1) is 37.0 Å². The van der Waals surface area contributed by atoms with Gasteiger partial charge >= 0.3 is 5.97 Å². The van der Waals surface area contributed by atoms with E-state index in [0.29, 0.717) is 63.2 Å². The normalized spacial score (nSPS) is 16.0. The number of ether oxygens (including phenoxy) is 1. The van der Waals surface area contributed by atoms with Gasteiger partial charge in [-0.15, -0.1) is 0 Å². The van der Waals surface area contributed by atoms with Crippen molar-refractivity contribution in [2.24, 2.45) is 5.41 Å². The molecule has 41 heavy (non-hydrogen) atoms. The van der Waals surface area contributed by atoms with Gasteiger partial charge in [0.1, 0.15) is 17.3 Å². The number of hydrogen-bond donors (Lipinski definition) is 3. The maximum Gasteiger partial charge on any atom is 0.303 e.